The molecule has 2 aliphatic carbocycles. The van der Waals surface area contributed by atoms with Crippen LogP contribution in [0.5, 0.6) is 0 Å². The lowest BCUT2D eigenvalue weighted by Crippen LogP contribution is -2.16. The van der Waals surface area contributed by atoms with Gasteiger partial charge in [0.2, 0.25) is 0 Å². The molecule has 0 bridgehead atoms. The monoisotopic (exact) mass is 546 g/mol. The largest absolute Gasteiger partial charge is 0.456 e. The minimum atomic E-state index is -0.214. The Morgan fingerprint density at radius 2 is 1.63 bits per heavy atom. The van der Waals surface area contributed by atoms with Crippen molar-refractivity contribution < 1.29 is 4.42 Å². The van der Waals surface area contributed by atoms with Gasteiger partial charge in [-0.2, -0.15) is 0 Å². The summed E-state index contributed by atoms with van der Waals surface area (Å²) in [6.45, 7) is 4.71. The fourth-order valence-corrected chi connectivity index (χ4v) is 8.23. The van der Waals surface area contributed by atoms with Crippen molar-refractivity contribution in [1.29, 1.82) is 0 Å². The van der Waals surface area contributed by atoms with E-state index in [-0.39, 0.29) is 5.41 Å². The predicted molar refractivity (Wildman–Crippen MR) is 172 cm³/mol. The summed E-state index contributed by atoms with van der Waals surface area (Å²) in [5, 5.41) is 3.57. The molecule has 41 heavy (non-hydrogen) atoms. The molecule has 7 aromatic rings. The molecule has 2 aliphatic rings. The van der Waals surface area contributed by atoms with Crippen LogP contribution in [-0.4, -0.2) is 9.97 Å². The molecule has 0 fully saturated rings. The van der Waals surface area contributed by atoms with Gasteiger partial charge < -0.3 is 4.42 Å². The number of thiophene rings is 1. The molecule has 0 atom stereocenters. The van der Waals surface area contributed by atoms with E-state index in [1.54, 1.807) is 11.3 Å². The van der Waals surface area contributed by atoms with E-state index in [9.17, 15) is 0 Å². The number of benzene rings is 4. The maximum Gasteiger partial charge on any atom is 0.156 e. The van der Waals surface area contributed by atoms with Crippen LogP contribution in [0.3, 0.4) is 0 Å². The number of hydrogen-bond donors (Lipinski definition) is 0. The van der Waals surface area contributed by atoms with Gasteiger partial charge >= 0.3 is 0 Å². The van der Waals surface area contributed by atoms with Gasteiger partial charge in [0.05, 0.1) is 15.9 Å². The molecule has 4 heteroatoms. The van der Waals surface area contributed by atoms with E-state index in [0.29, 0.717) is 0 Å². The van der Waals surface area contributed by atoms with Crippen molar-refractivity contribution in [2.75, 3.05) is 0 Å². The lowest BCUT2D eigenvalue weighted by Gasteiger charge is -2.24. The second kappa shape index (κ2) is 8.25. The zero-order valence-electron chi connectivity index (χ0n) is 22.9. The SMILES string of the molecule is CC1(C)c2ccc3oc4ccccc4c3c2-c2cccc(-c3nc(C4=CC=CCC4)nc4c3sc3ccccc34)c21. The molecule has 0 saturated heterocycles. The summed E-state index contributed by atoms with van der Waals surface area (Å²) in [5.74, 6) is 0.842. The molecule has 0 unspecified atom stereocenters. The first-order valence-corrected chi connectivity index (χ1v) is 15.1. The second-order valence-corrected chi connectivity index (χ2v) is 12.7. The highest BCUT2D eigenvalue weighted by molar-refractivity contribution is 7.26. The Morgan fingerprint density at radius 3 is 2.51 bits per heavy atom. The first-order chi connectivity index (χ1) is 20.1. The van der Waals surface area contributed by atoms with Crippen LogP contribution >= 0.6 is 11.3 Å². The zero-order chi connectivity index (χ0) is 27.3. The fourth-order valence-electron chi connectivity index (χ4n) is 7.09. The third-order valence-corrected chi connectivity index (χ3v) is 10.1. The molecular weight excluding hydrogens is 520 g/mol. The molecular formula is C37H26N2OS. The van der Waals surface area contributed by atoms with E-state index < -0.39 is 0 Å². The molecule has 0 spiro atoms. The van der Waals surface area contributed by atoms with Crippen LogP contribution in [0.15, 0.2) is 102 Å². The number of hydrogen-bond acceptors (Lipinski definition) is 4. The Balaban J connectivity index is 1.39. The first kappa shape index (κ1) is 23.2. The van der Waals surface area contributed by atoms with Crippen LogP contribution < -0.4 is 0 Å². The van der Waals surface area contributed by atoms with Crippen LogP contribution in [-0.2, 0) is 5.41 Å². The molecule has 4 aromatic carbocycles. The summed E-state index contributed by atoms with van der Waals surface area (Å²) in [4.78, 5) is 10.6. The van der Waals surface area contributed by atoms with Crippen molar-refractivity contribution in [1.82, 2.24) is 9.97 Å². The Labute approximate surface area is 241 Å². The van der Waals surface area contributed by atoms with E-state index in [2.05, 4.69) is 105 Å². The zero-order valence-corrected chi connectivity index (χ0v) is 23.7. The van der Waals surface area contributed by atoms with Crippen molar-refractivity contribution in [2.24, 2.45) is 0 Å². The molecule has 3 nitrogen and oxygen atoms in total. The normalized spacial score (nSPS) is 15.6. The predicted octanol–water partition coefficient (Wildman–Crippen LogP) is 10.5. The van der Waals surface area contributed by atoms with Gasteiger partial charge in [-0.05, 0) is 58.9 Å². The van der Waals surface area contributed by atoms with E-state index in [0.717, 1.165) is 45.7 Å². The number of fused-ring (bicyclic) bond motifs is 10. The van der Waals surface area contributed by atoms with Crippen molar-refractivity contribution in [3.8, 4) is 22.4 Å². The number of nitrogens with zero attached hydrogens (tertiary/aromatic N) is 2. The van der Waals surface area contributed by atoms with Gasteiger partial charge in [0.1, 0.15) is 11.2 Å². The maximum absolute atomic E-state index is 6.32. The Bertz CT molecular complexity index is 2300. The molecule has 0 aliphatic heterocycles. The Morgan fingerprint density at radius 1 is 0.805 bits per heavy atom. The van der Waals surface area contributed by atoms with Gasteiger partial charge in [-0.1, -0.05) is 92.7 Å². The van der Waals surface area contributed by atoms with Gasteiger partial charge in [-0.3, -0.25) is 0 Å². The summed E-state index contributed by atoms with van der Waals surface area (Å²) in [5.41, 5.74) is 11.4. The molecule has 0 saturated carbocycles. The number of para-hydroxylation sites is 1. The van der Waals surface area contributed by atoms with E-state index in [1.165, 1.54) is 54.2 Å². The van der Waals surface area contributed by atoms with Crippen molar-refractivity contribution >= 4 is 59.2 Å². The molecule has 0 N–H and O–H groups in total. The molecule has 196 valence electrons. The number of furan rings is 1. The van der Waals surface area contributed by atoms with Gasteiger partial charge in [0.25, 0.3) is 0 Å². The molecule has 0 amide bonds. The van der Waals surface area contributed by atoms with Crippen LogP contribution in [0.2, 0.25) is 0 Å². The smallest absolute Gasteiger partial charge is 0.156 e. The third kappa shape index (κ3) is 3.14. The van der Waals surface area contributed by atoms with Crippen LogP contribution in [0, 0.1) is 0 Å². The Hall–Kier alpha value is -4.54. The quantitative estimate of drug-likeness (QED) is 0.216. The third-order valence-electron chi connectivity index (χ3n) is 8.95. The summed E-state index contributed by atoms with van der Waals surface area (Å²) >= 11 is 1.80. The highest BCUT2D eigenvalue weighted by atomic mass is 32.1. The first-order valence-electron chi connectivity index (χ1n) is 14.2. The topological polar surface area (TPSA) is 38.9 Å². The second-order valence-electron chi connectivity index (χ2n) is 11.6. The van der Waals surface area contributed by atoms with Crippen LogP contribution in [0.25, 0.3) is 70.2 Å². The lowest BCUT2D eigenvalue weighted by molar-refractivity contribution is 0.657. The fraction of sp³-hybridized carbons (Fsp3) is 0.135. The van der Waals surface area contributed by atoms with Crippen LogP contribution in [0.4, 0.5) is 0 Å². The van der Waals surface area contributed by atoms with Gasteiger partial charge in [-0.15, -0.1) is 11.3 Å². The maximum atomic E-state index is 6.32. The summed E-state index contributed by atoms with van der Waals surface area (Å²) < 4.78 is 8.72. The van der Waals surface area contributed by atoms with Gasteiger partial charge in [0.15, 0.2) is 5.82 Å². The van der Waals surface area contributed by atoms with E-state index in [1.807, 2.05) is 6.07 Å². The van der Waals surface area contributed by atoms with E-state index in [4.69, 9.17) is 14.4 Å². The highest BCUT2D eigenvalue weighted by Gasteiger charge is 2.40. The van der Waals surface area contributed by atoms with Crippen molar-refractivity contribution in [3.05, 3.63) is 114 Å². The van der Waals surface area contributed by atoms with E-state index >= 15 is 0 Å². The summed E-state index contributed by atoms with van der Waals surface area (Å²) in [7, 11) is 0. The van der Waals surface area contributed by atoms with Crippen LogP contribution in [0.1, 0.15) is 43.6 Å². The van der Waals surface area contributed by atoms with Crippen molar-refractivity contribution in [2.45, 2.75) is 32.1 Å². The molecule has 9 rings (SSSR count). The number of rotatable bonds is 2. The van der Waals surface area contributed by atoms with Crippen molar-refractivity contribution in [3.63, 3.8) is 0 Å². The van der Waals surface area contributed by atoms with Gasteiger partial charge in [0, 0.05) is 31.8 Å². The molecule has 3 aromatic heterocycles. The molecule has 3 heterocycles. The lowest BCUT2D eigenvalue weighted by atomic mass is 9.79. The average Bonchev–Trinajstić information content (AvgIpc) is 3.65. The minimum absolute atomic E-state index is 0.214. The number of allylic oxidation sites excluding steroid dienone is 4. The average molecular weight is 547 g/mol. The Kier molecular flexibility index (Phi) is 4.66. The number of aromatic nitrogens is 2. The highest BCUT2D eigenvalue weighted by Crippen LogP contribution is 2.56. The standard InChI is InChI=1S/C37H26N2OS/c1-37(2)26-19-20-28-31(22-13-6-8-17-27(22)40-28)30(26)24-15-10-16-25(32(24)37)34-35-33(23-14-7-9-18-29(23)41-35)38-36(39-34)21-11-4-3-5-12-21/h3-4,6-11,13-20H,5,12H2,1-2H3. The summed E-state index contributed by atoms with van der Waals surface area (Å²) in [6, 6.07) is 28.2. The molecule has 0 radical (unpaired) electrons. The van der Waals surface area contributed by atoms with Gasteiger partial charge in [-0.25, -0.2) is 9.97 Å². The summed E-state index contributed by atoms with van der Waals surface area (Å²) in [6.07, 6.45) is 8.51. The minimum Gasteiger partial charge on any atom is -0.456 e.